The molecule has 128 valence electrons. The average Bonchev–Trinajstić information content (AvgIpc) is 3.04. The van der Waals surface area contributed by atoms with Crippen LogP contribution in [-0.4, -0.2) is 41.7 Å². The molecule has 8 heteroatoms. The minimum atomic E-state index is -0.665. The van der Waals surface area contributed by atoms with E-state index >= 15 is 0 Å². The first kappa shape index (κ1) is 17.3. The number of carbonyl (C=O) groups excluding carboxylic acids is 3. The molecule has 2 heterocycles. The zero-order valence-electron chi connectivity index (χ0n) is 13.4. The van der Waals surface area contributed by atoms with Gasteiger partial charge in [-0.3, -0.25) is 19.4 Å². The third-order valence-electron chi connectivity index (χ3n) is 3.58. The van der Waals surface area contributed by atoms with Gasteiger partial charge in [0.25, 0.3) is 11.8 Å². The molecule has 1 aromatic carbocycles. The van der Waals surface area contributed by atoms with Gasteiger partial charge in [-0.05, 0) is 30.3 Å². The first-order chi connectivity index (χ1) is 11.9. The summed E-state index contributed by atoms with van der Waals surface area (Å²) >= 11 is 7.44. The van der Waals surface area contributed by atoms with Crippen molar-refractivity contribution >= 4 is 47.3 Å². The maximum absolute atomic E-state index is 12.2. The summed E-state index contributed by atoms with van der Waals surface area (Å²) in [5.74, 6) is -0.989. The lowest BCUT2D eigenvalue weighted by atomic mass is 10.1. The molecule has 1 aliphatic rings. The van der Waals surface area contributed by atoms with Gasteiger partial charge in [-0.1, -0.05) is 35.5 Å². The molecule has 4 amide bonds. The summed E-state index contributed by atoms with van der Waals surface area (Å²) in [6.45, 7) is 0. The van der Waals surface area contributed by atoms with Crippen molar-refractivity contribution in [2.45, 2.75) is 9.99 Å². The Hall–Kier alpha value is -2.51. The Labute approximate surface area is 153 Å². The number of urea groups is 1. The summed E-state index contributed by atoms with van der Waals surface area (Å²) < 4.78 is 5.64. The average molecular weight is 377 g/mol. The molecule has 1 saturated heterocycles. The highest BCUT2D eigenvalue weighted by molar-refractivity contribution is 7.99. The molecule has 0 bridgehead atoms. The highest BCUT2D eigenvalue weighted by Gasteiger charge is 2.38. The Morgan fingerprint density at radius 3 is 2.28 bits per heavy atom. The zero-order chi connectivity index (χ0) is 18.1. The maximum Gasteiger partial charge on any atom is 0.333 e. The number of carbonyl (C=O) groups is 3. The van der Waals surface area contributed by atoms with Crippen LogP contribution in [0.2, 0.25) is 5.02 Å². The van der Waals surface area contributed by atoms with Crippen LogP contribution in [0.15, 0.2) is 56.4 Å². The van der Waals surface area contributed by atoms with Crippen LogP contribution < -0.4 is 0 Å². The number of hydrogen-bond acceptors (Lipinski definition) is 5. The van der Waals surface area contributed by atoms with Crippen LogP contribution in [0.5, 0.6) is 0 Å². The van der Waals surface area contributed by atoms with Crippen molar-refractivity contribution in [1.82, 2.24) is 9.80 Å². The van der Waals surface area contributed by atoms with Gasteiger partial charge in [0.2, 0.25) is 0 Å². The molecule has 3 rings (SSSR count). The highest BCUT2D eigenvalue weighted by Crippen LogP contribution is 2.34. The van der Waals surface area contributed by atoms with E-state index in [2.05, 4.69) is 0 Å². The van der Waals surface area contributed by atoms with Gasteiger partial charge in [0.1, 0.15) is 11.3 Å². The second-order valence-corrected chi connectivity index (χ2v) is 6.71. The fourth-order valence-electron chi connectivity index (χ4n) is 2.22. The maximum atomic E-state index is 12.2. The van der Waals surface area contributed by atoms with Gasteiger partial charge < -0.3 is 4.42 Å². The van der Waals surface area contributed by atoms with Crippen LogP contribution in [0.1, 0.15) is 5.76 Å². The van der Waals surface area contributed by atoms with E-state index in [0.717, 1.165) is 14.7 Å². The molecular formula is C17H13ClN2O4S. The Balaban J connectivity index is 1.86. The van der Waals surface area contributed by atoms with Crippen molar-refractivity contribution in [1.29, 1.82) is 0 Å². The van der Waals surface area contributed by atoms with Crippen molar-refractivity contribution in [2.24, 2.45) is 0 Å². The van der Waals surface area contributed by atoms with Gasteiger partial charge in [0.15, 0.2) is 5.09 Å². The van der Waals surface area contributed by atoms with Crippen LogP contribution in [0.25, 0.3) is 6.08 Å². The molecule has 0 spiro atoms. The summed E-state index contributed by atoms with van der Waals surface area (Å²) in [6.07, 6.45) is 1.33. The molecule has 1 aromatic heterocycles. The predicted molar refractivity (Wildman–Crippen MR) is 93.2 cm³/mol. The van der Waals surface area contributed by atoms with Gasteiger partial charge in [0.05, 0.1) is 5.02 Å². The number of halogens is 1. The number of barbiturate groups is 1. The molecule has 2 aromatic rings. The van der Waals surface area contributed by atoms with E-state index in [9.17, 15) is 14.4 Å². The summed E-state index contributed by atoms with van der Waals surface area (Å²) in [5, 5.41) is 1.16. The third-order valence-corrected chi connectivity index (χ3v) is 5.02. The van der Waals surface area contributed by atoms with E-state index in [4.69, 9.17) is 16.0 Å². The SMILES string of the molecule is CN1C(=O)C(=Cc2ccc(Sc3ccccc3Cl)o2)C(=O)N(C)C1=O. The molecule has 0 radical (unpaired) electrons. The Kier molecular flexibility index (Phi) is 4.69. The number of nitrogens with zero attached hydrogens (tertiary/aromatic N) is 2. The van der Waals surface area contributed by atoms with Crippen LogP contribution in [-0.2, 0) is 9.59 Å². The Morgan fingerprint density at radius 1 is 1.00 bits per heavy atom. The molecule has 6 nitrogen and oxygen atoms in total. The molecular weight excluding hydrogens is 364 g/mol. The highest BCUT2D eigenvalue weighted by atomic mass is 35.5. The van der Waals surface area contributed by atoms with E-state index < -0.39 is 17.8 Å². The molecule has 0 N–H and O–H groups in total. The van der Waals surface area contributed by atoms with Gasteiger partial charge in [-0.25, -0.2) is 4.79 Å². The number of hydrogen-bond donors (Lipinski definition) is 0. The molecule has 0 unspecified atom stereocenters. The molecule has 0 atom stereocenters. The van der Waals surface area contributed by atoms with Crippen molar-refractivity contribution < 1.29 is 18.8 Å². The summed E-state index contributed by atoms with van der Waals surface area (Å²) in [6, 6.07) is 10.0. The predicted octanol–water partition coefficient (Wildman–Crippen LogP) is 3.52. The number of benzene rings is 1. The molecule has 1 aliphatic heterocycles. The minimum absolute atomic E-state index is 0.131. The van der Waals surface area contributed by atoms with E-state index in [1.165, 1.54) is 31.9 Å². The van der Waals surface area contributed by atoms with Gasteiger partial charge in [-0.15, -0.1) is 0 Å². The monoisotopic (exact) mass is 376 g/mol. The van der Waals surface area contributed by atoms with Crippen molar-refractivity contribution in [3.8, 4) is 0 Å². The van der Waals surface area contributed by atoms with Crippen molar-refractivity contribution in [3.05, 3.63) is 52.8 Å². The summed E-state index contributed by atoms with van der Waals surface area (Å²) in [7, 11) is 2.64. The first-order valence-electron chi connectivity index (χ1n) is 7.22. The number of furan rings is 1. The lowest BCUT2D eigenvalue weighted by molar-refractivity contribution is -0.134. The van der Waals surface area contributed by atoms with Crippen LogP contribution >= 0.6 is 23.4 Å². The lowest BCUT2D eigenvalue weighted by Gasteiger charge is -2.28. The van der Waals surface area contributed by atoms with Crippen LogP contribution in [0.3, 0.4) is 0 Å². The van der Waals surface area contributed by atoms with Crippen LogP contribution in [0, 0.1) is 0 Å². The second kappa shape index (κ2) is 6.78. The smallest absolute Gasteiger partial charge is 0.333 e. The molecule has 0 aliphatic carbocycles. The Bertz CT molecular complexity index is 880. The molecule has 0 saturated carbocycles. The number of likely N-dealkylation sites (N-methyl/N-ethyl adjacent to an activating group) is 2. The summed E-state index contributed by atoms with van der Waals surface area (Å²) in [4.78, 5) is 38.6. The van der Waals surface area contributed by atoms with E-state index in [1.807, 2.05) is 18.2 Å². The first-order valence-corrected chi connectivity index (χ1v) is 8.42. The minimum Gasteiger partial charge on any atom is -0.450 e. The lowest BCUT2D eigenvalue weighted by Crippen LogP contribution is -2.52. The van der Waals surface area contributed by atoms with E-state index in [0.29, 0.717) is 15.9 Å². The number of rotatable bonds is 3. The van der Waals surface area contributed by atoms with Crippen molar-refractivity contribution in [2.75, 3.05) is 14.1 Å². The van der Waals surface area contributed by atoms with Gasteiger partial charge in [0, 0.05) is 19.0 Å². The third kappa shape index (κ3) is 3.33. The largest absolute Gasteiger partial charge is 0.450 e. The van der Waals surface area contributed by atoms with Gasteiger partial charge in [-0.2, -0.15) is 0 Å². The molecule has 1 fully saturated rings. The fraction of sp³-hybridized carbons (Fsp3) is 0.118. The van der Waals surface area contributed by atoms with Gasteiger partial charge >= 0.3 is 6.03 Å². The second-order valence-electron chi connectivity index (χ2n) is 5.26. The van der Waals surface area contributed by atoms with E-state index in [1.54, 1.807) is 18.2 Å². The standard InChI is InChI=1S/C17H13ClN2O4S/c1-19-15(21)11(16(22)20(2)17(19)23)9-10-7-8-14(24-10)25-13-6-4-3-5-12(13)18/h3-9H,1-2H3. The Morgan fingerprint density at radius 2 is 1.64 bits per heavy atom. The van der Waals surface area contributed by atoms with Crippen LogP contribution in [0.4, 0.5) is 4.79 Å². The topological polar surface area (TPSA) is 70.8 Å². The van der Waals surface area contributed by atoms with E-state index in [-0.39, 0.29) is 5.57 Å². The fourth-order valence-corrected chi connectivity index (χ4v) is 3.27. The normalized spacial score (nSPS) is 15.2. The van der Waals surface area contributed by atoms with Crippen molar-refractivity contribution in [3.63, 3.8) is 0 Å². The zero-order valence-corrected chi connectivity index (χ0v) is 14.9. The number of amides is 4. The summed E-state index contributed by atoms with van der Waals surface area (Å²) in [5.41, 5.74) is -0.131. The quantitative estimate of drug-likeness (QED) is 0.605. The number of imide groups is 2. The molecule has 25 heavy (non-hydrogen) atoms.